The zero-order chi connectivity index (χ0) is 12.0. The van der Waals surface area contributed by atoms with Gasteiger partial charge in [0.15, 0.2) is 5.78 Å². The molecule has 1 atom stereocenters. The van der Waals surface area contributed by atoms with Crippen LogP contribution < -0.4 is 5.32 Å². The second-order valence-corrected chi connectivity index (χ2v) is 3.04. The van der Waals surface area contributed by atoms with Crippen LogP contribution in [0.15, 0.2) is 11.8 Å². The Bertz CT molecular complexity index is 308. The highest BCUT2D eigenvalue weighted by Gasteiger charge is 2.19. The van der Waals surface area contributed by atoms with E-state index < -0.39 is 24.4 Å². The first kappa shape index (κ1) is 13.2. The van der Waals surface area contributed by atoms with Crippen molar-refractivity contribution in [3.05, 3.63) is 11.8 Å². The highest BCUT2D eigenvalue weighted by Crippen LogP contribution is 1.96. The summed E-state index contributed by atoms with van der Waals surface area (Å²) in [7, 11) is 0. The summed E-state index contributed by atoms with van der Waals surface area (Å²) >= 11 is 0. The Morgan fingerprint density at radius 1 is 1.27 bits per heavy atom. The number of rotatable bonds is 6. The normalized spacial score (nSPS) is 13.1. The Morgan fingerprint density at radius 3 is 2.13 bits per heavy atom. The van der Waals surface area contributed by atoms with Gasteiger partial charge in [-0.3, -0.25) is 9.59 Å². The second-order valence-electron chi connectivity index (χ2n) is 3.04. The molecule has 15 heavy (non-hydrogen) atoms. The van der Waals surface area contributed by atoms with Crippen molar-refractivity contribution in [3.63, 3.8) is 0 Å². The first-order valence-corrected chi connectivity index (χ1v) is 4.23. The number of carboxylic acids is 2. The molecule has 0 heterocycles. The molecule has 84 valence electrons. The number of carbonyl (C=O) groups is 3. The topological polar surface area (TPSA) is 104 Å². The highest BCUT2D eigenvalue weighted by molar-refractivity contribution is 5.92. The quantitative estimate of drug-likeness (QED) is 0.538. The monoisotopic (exact) mass is 215 g/mol. The smallest absolute Gasteiger partial charge is 0.326 e. The van der Waals surface area contributed by atoms with Gasteiger partial charge in [0.25, 0.3) is 0 Å². The number of carboxylic acid groups (broad SMARTS) is 2. The summed E-state index contributed by atoms with van der Waals surface area (Å²) in [6.45, 7) is 2.84. The van der Waals surface area contributed by atoms with E-state index in [1.165, 1.54) is 20.0 Å². The van der Waals surface area contributed by atoms with Crippen LogP contribution in [-0.2, 0) is 14.4 Å². The minimum absolute atomic E-state index is 0.207. The number of Topliss-reactive ketones (excluding diaryl/α,β-unsaturated/α-hetero) is 1. The number of hydrogen-bond donors (Lipinski definition) is 3. The molecule has 3 N–H and O–H groups in total. The van der Waals surface area contributed by atoms with E-state index in [9.17, 15) is 14.4 Å². The Labute approximate surface area is 86.6 Å². The van der Waals surface area contributed by atoms with Crippen LogP contribution in [0, 0.1) is 0 Å². The predicted octanol–water partition coefficient (Wildman–Crippen LogP) is -0.00330. The molecule has 0 unspecified atom stereocenters. The van der Waals surface area contributed by atoms with Crippen molar-refractivity contribution in [1.82, 2.24) is 5.32 Å². The summed E-state index contributed by atoms with van der Waals surface area (Å²) in [5.74, 6) is -2.70. The van der Waals surface area contributed by atoms with Crippen LogP contribution in [0.3, 0.4) is 0 Å². The van der Waals surface area contributed by atoms with E-state index in [2.05, 4.69) is 5.32 Å². The number of ketones is 1. The molecule has 6 nitrogen and oxygen atoms in total. The summed E-state index contributed by atoms with van der Waals surface area (Å²) in [4.78, 5) is 31.7. The lowest BCUT2D eigenvalue weighted by Gasteiger charge is -2.10. The van der Waals surface area contributed by atoms with Gasteiger partial charge in [-0.05, 0) is 13.8 Å². The number of allylic oxidation sites excluding steroid dienone is 1. The molecule has 0 aromatic rings. The number of carbonyl (C=O) groups excluding carboxylic acids is 1. The van der Waals surface area contributed by atoms with E-state index in [0.29, 0.717) is 5.57 Å². The fraction of sp³-hybridized carbons (Fsp3) is 0.444. The van der Waals surface area contributed by atoms with Crippen molar-refractivity contribution >= 4 is 17.7 Å². The van der Waals surface area contributed by atoms with Crippen LogP contribution in [0.1, 0.15) is 20.3 Å². The van der Waals surface area contributed by atoms with Crippen LogP contribution in [-0.4, -0.2) is 34.0 Å². The zero-order valence-corrected chi connectivity index (χ0v) is 8.48. The minimum Gasteiger partial charge on any atom is -0.481 e. The van der Waals surface area contributed by atoms with E-state index in [1.807, 2.05) is 0 Å². The standard InChI is InChI=1S/C9H13NO5/c1-5(6(2)11)4-10-7(9(14)15)3-8(12)13/h4,7,10H,3H2,1-2H3,(H,12,13)(H,14,15)/t7-/m0/s1. The van der Waals surface area contributed by atoms with Crippen molar-refractivity contribution in [2.45, 2.75) is 26.3 Å². The Balaban J connectivity index is 4.43. The number of nitrogens with one attached hydrogen (secondary N) is 1. The van der Waals surface area contributed by atoms with Gasteiger partial charge in [0.05, 0.1) is 6.42 Å². The van der Waals surface area contributed by atoms with Crippen LogP contribution >= 0.6 is 0 Å². The molecule has 0 saturated carbocycles. The van der Waals surface area contributed by atoms with Crippen LogP contribution in [0.4, 0.5) is 0 Å². The molecule has 0 aliphatic rings. The van der Waals surface area contributed by atoms with Crippen LogP contribution in [0.25, 0.3) is 0 Å². The van der Waals surface area contributed by atoms with Crippen molar-refractivity contribution in [1.29, 1.82) is 0 Å². The van der Waals surface area contributed by atoms with Gasteiger partial charge >= 0.3 is 11.9 Å². The molecule has 0 aromatic carbocycles. The van der Waals surface area contributed by atoms with Gasteiger partial charge in [-0.25, -0.2) is 4.79 Å². The minimum atomic E-state index is -1.27. The third kappa shape index (κ3) is 5.45. The maximum atomic E-state index is 10.8. The molecule has 0 aliphatic carbocycles. The van der Waals surface area contributed by atoms with Gasteiger partial charge in [-0.2, -0.15) is 0 Å². The summed E-state index contributed by atoms with van der Waals surface area (Å²) in [5, 5.41) is 19.4. The Kier molecular flexibility index (Phi) is 5.08. The van der Waals surface area contributed by atoms with Crippen LogP contribution in [0.2, 0.25) is 0 Å². The van der Waals surface area contributed by atoms with E-state index in [4.69, 9.17) is 10.2 Å². The first-order valence-electron chi connectivity index (χ1n) is 4.23. The third-order valence-corrected chi connectivity index (χ3v) is 1.73. The van der Waals surface area contributed by atoms with Gasteiger partial charge in [-0.1, -0.05) is 0 Å². The largest absolute Gasteiger partial charge is 0.481 e. The van der Waals surface area contributed by atoms with Gasteiger partial charge in [0, 0.05) is 11.8 Å². The molecule has 0 aromatic heterocycles. The van der Waals surface area contributed by atoms with Crippen molar-refractivity contribution in [3.8, 4) is 0 Å². The molecule has 0 saturated heterocycles. The molecule has 6 heteroatoms. The lowest BCUT2D eigenvalue weighted by Crippen LogP contribution is -2.35. The summed E-state index contributed by atoms with van der Waals surface area (Å²) in [6, 6.07) is -1.23. The molecular weight excluding hydrogens is 202 g/mol. The molecule has 0 bridgehead atoms. The summed E-state index contributed by atoms with van der Waals surface area (Å²) in [6.07, 6.45) is 0.668. The molecule has 0 amide bonds. The first-order chi connectivity index (χ1) is 6.84. The van der Waals surface area contributed by atoms with E-state index in [1.54, 1.807) is 0 Å². The predicted molar refractivity (Wildman–Crippen MR) is 51.3 cm³/mol. The van der Waals surface area contributed by atoms with Crippen LogP contribution in [0.5, 0.6) is 0 Å². The fourth-order valence-electron chi connectivity index (χ4n) is 0.719. The zero-order valence-electron chi connectivity index (χ0n) is 8.48. The summed E-state index contributed by atoms with van der Waals surface area (Å²) < 4.78 is 0. The van der Waals surface area contributed by atoms with E-state index in [0.717, 1.165) is 0 Å². The lowest BCUT2D eigenvalue weighted by molar-refractivity contribution is -0.145. The SMILES string of the molecule is CC(=O)C(C)=CN[C@@H](CC(=O)O)C(=O)O. The van der Waals surface area contributed by atoms with E-state index in [-0.39, 0.29) is 5.78 Å². The lowest BCUT2D eigenvalue weighted by atomic mass is 10.2. The molecule has 0 radical (unpaired) electrons. The van der Waals surface area contributed by atoms with Crippen molar-refractivity contribution < 1.29 is 24.6 Å². The van der Waals surface area contributed by atoms with E-state index >= 15 is 0 Å². The summed E-state index contributed by atoms with van der Waals surface area (Å²) in [5.41, 5.74) is 0.339. The van der Waals surface area contributed by atoms with Gasteiger partial charge in [-0.15, -0.1) is 0 Å². The highest BCUT2D eigenvalue weighted by atomic mass is 16.4. The molecule has 0 fully saturated rings. The van der Waals surface area contributed by atoms with Crippen molar-refractivity contribution in [2.24, 2.45) is 0 Å². The maximum absolute atomic E-state index is 10.8. The second kappa shape index (κ2) is 5.79. The number of aliphatic carboxylic acids is 2. The average molecular weight is 215 g/mol. The van der Waals surface area contributed by atoms with Gasteiger partial charge < -0.3 is 15.5 Å². The van der Waals surface area contributed by atoms with Crippen molar-refractivity contribution in [2.75, 3.05) is 0 Å². The average Bonchev–Trinajstić information content (AvgIpc) is 2.10. The number of hydrogen-bond acceptors (Lipinski definition) is 4. The Hall–Kier alpha value is -1.85. The molecule has 0 aliphatic heterocycles. The maximum Gasteiger partial charge on any atom is 0.326 e. The third-order valence-electron chi connectivity index (χ3n) is 1.73. The molecule has 0 spiro atoms. The van der Waals surface area contributed by atoms with Gasteiger partial charge in [0.1, 0.15) is 6.04 Å². The molecule has 0 rings (SSSR count). The van der Waals surface area contributed by atoms with Gasteiger partial charge in [0.2, 0.25) is 0 Å². The Morgan fingerprint density at radius 2 is 1.80 bits per heavy atom. The fourth-order valence-corrected chi connectivity index (χ4v) is 0.719. The molecular formula is C9H13NO5.